The fourth-order valence-electron chi connectivity index (χ4n) is 1.07. The maximum absolute atomic E-state index is 11.9. The highest BCUT2D eigenvalue weighted by Crippen LogP contribution is 2.28. The summed E-state index contributed by atoms with van der Waals surface area (Å²) in [6.45, 7) is 1.87. The molecule has 3 N–H and O–H groups in total. The van der Waals surface area contributed by atoms with Gasteiger partial charge < -0.3 is 5.73 Å². The summed E-state index contributed by atoms with van der Waals surface area (Å²) in [5.74, 6) is 0. The number of rotatable bonds is 4. The fraction of sp³-hybridized carbons (Fsp3) is 0.333. The van der Waals surface area contributed by atoms with Gasteiger partial charge in [0.05, 0.1) is 10.0 Å². The topological polar surface area (TPSA) is 72.2 Å². The highest BCUT2D eigenvalue weighted by molar-refractivity contribution is 7.89. The van der Waals surface area contributed by atoms with Crippen molar-refractivity contribution < 1.29 is 8.42 Å². The molecule has 0 saturated carbocycles. The van der Waals surface area contributed by atoms with Gasteiger partial charge in [-0.2, -0.15) is 0 Å². The van der Waals surface area contributed by atoms with Crippen LogP contribution in [-0.4, -0.2) is 21.0 Å². The summed E-state index contributed by atoms with van der Waals surface area (Å²) in [5.41, 5.74) is 5.34. The van der Waals surface area contributed by atoms with Crippen LogP contribution in [0, 0.1) is 0 Å². The van der Waals surface area contributed by atoms with Crippen molar-refractivity contribution in [3.8, 4) is 0 Å². The molecule has 0 fully saturated rings. The van der Waals surface area contributed by atoms with Crippen LogP contribution in [0.4, 0.5) is 0 Å². The zero-order valence-electron chi connectivity index (χ0n) is 8.57. The van der Waals surface area contributed by atoms with Crippen LogP contribution in [-0.2, 0) is 10.0 Å². The molecule has 0 spiro atoms. The quantitative estimate of drug-likeness (QED) is 0.882. The summed E-state index contributed by atoms with van der Waals surface area (Å²) in [5, 5.41) is 0.214. The van der Waals surface area contributed by atoms with E-state index in [2.05, 4.69) is 4.72 Å². The lowest BCUT2D eigenvalue weighted by molar-refractivity contribution is 0.563. The Labute approximate surface area is 105 Å². The van der Waals surface area contributed by atoms with E-state index in [4.69, 9.17) is 28.9 Å². The van der Waals surface area contributed by atoms with Crippen LogP contribution in [0.3, 0.4) is 0 Å². The molecular weight excluding hydrogens is 271 g/mol. The lowest BCUT2D eigenvalue weighted by atomic mass is 10.4. The maximum Gasteiger partial charge on any atom is 0.242 e. The number of nitrogens with two attached hydrogens (primary N) is 1. The van der Waals surface area contributed by atoms with Crippen molar-refractivity contribution >= 4 is 33.2 Å². The van der Waals surface area contributed by atoms with Gasteiger partial charge in [-0.3, -0.25) is 0 Å². The van der Waals surface area contributed by atoms with Crippen molar-refractivity contribution in [1.82, 2.24) is 4.72 Å². The number of hydrogen-bond acceptors (Lipinski definition) is 3. The van der Waals surface area contributed by atoms with E-state index >= 15 is 0 Å². The second-order valence-electron chi connectivity index (χ2n) is 3.31. The minimum atomic E-state index is -3.67. The Balaban J connectivity index is 3.13. The Morgan fingerprint density at radius 3 is 2.62 bits per heavy atom. The lowest BCUT2D eigenvalue weighted by Gasteiger charge is -2.13. The summed E-state index contributed by atoms with van der Waals surface area (Å²) < 4.78 is 26.1. The average molecular weight is 283 g/mol. The van der Waals surface area contributed by atoms with Crippen LogP contribution in [0.25, 0.3) is 0 Å². The van der Waals surface area contributed by atoms with Gasteiger partial charge in [-0.05, 0) is 19.1 Å². The third kappa shape index (κ3) is 3.09. The summed E-state index contributed by atoms with van der Waals surface area (Å²) in [7, 11) is -3.67. The second-order valence-corrected chi connectivity index (χ2v) is 5.78. The van der Waals surface area contributed by atoms with Gasteiger partial charge in [0.2, 0.25) is 10.0 Å². The molecule has 0 unspecified atom stereocenters. The smallest absolute Gasteiger partial charge is 0.242 e. The lowest BCUT2D eigenvalue weighted by Crippen LogP contribution is -2.37. The van der Waals surface area contributed by atoms with Crippen molar-refractivity contribution in [1.29, 1.82) is 0 Å². The van der Waals surface area contributed by atoms with Crippen LogP contribution in [0.5, 0.6) is 0 Å². The van der Waals surface area contributed by atoms with Gasteiger partial charge >= 0.3 is 0 Å². The molecule has 0 aliphatic heterocycles. The molecule has 0 saturated heterocycles. The van der Waals surface area contributed by atoms with E-state index in [0.717, 1.165) is 0 Å². The highest BCUT2D eigenvalue weighted by atomic mass is 35.5. The zero-order chi connectivity index (χ0) is 12.3. The van der Waals surface area contributed by atoms with E-state index < -0.39 is 10.0 Å². The molecule has 0 aliphatic rings. The van der Waals surface area contributed by atoms with Crippen molar-refractivity contribution in [3.05, 3.63) is 28.2 Å². The Bertz CT molecular complexity index is 476. The monoisotopic (exact) mass is 282 g/mol. The van der Waals surface area contributed by atoms with E-state index in [1.165, 1.54) is 18.2 Å². The van der Waals surface area contributed by atoms with Crippen LogP contribution in [0.1, 0.15) is 6.92 Å². The third-order valence-electron chi connectivity index (χ3n) is 1.92. The van der Waals surface area contributed by atoms with Gasteiger partial charge in [0.1, 0.15) is 4.90 Å². The van der Waals surface area contributed by atoms with Crippen LogP contribution < -0.4 is 10.5 Å². The highest BCUT2D eigenvalue weighted by Gasteiger charge is 2.20. The minimum absolute atomic E-state index is 0.0147. The molecule has 0 aliphatic carbocycles. The van der Waals surface area contributed by atoms with Crippen LogP contribution >= 0.6 is 23.2 Å². The number of sulfonamides is 1. The Morgan fingerprint density at radius 1 is 1.44 bits per heavy atom. The van der Waals surface area contributed by atoms with Gasteiger partial charge in [0.25, 0.3) is 0 Å². The maximum atomic E-state index is 11.9. The third-order valence-corrected chi connectivity index (χ3v) is 4.48. The van der Waals surface area contributed by atoms with Gasteiger partial charge in [-0.25, -0.2) is 13.1 Å². The van der Waals surface area contributed by atoms with Crippen LogP contribution in [0.15, 0.2) is 23.1 Å². The summed E-state index contributed by atoms with van der Waals surface area (Å²) >= 11 is 11.6. The fourth-order valence-corrected chi connectivity index (χ4v) is 3.09. The molecule has 90 valence electrons. The molecule has 7 heteroatoms. The van der Waals surface area contributed by atoms with E-state index in [0.29, 0.717) is 0 Å². The first kappa shape index (κ1) is 13.7. The number of benzene rings is 1. The van der Waals surface area contributed by atoms with E-state index in [1.807, 2.05) is 0 Å². The van der Waals surface area contributed by atoms with Crippen LogP contribution in [0.2, 0.25) is 10.0 Å². The first-order chi connectivity index (χ1) is 7.38. The summed E-state index contributed by atoms with van der Waals surface area (Å²) in [6.07, 6.45) is 0. The molecule has 1 aromatic carbocycles. The van der Waals surface area contributed by atoms with Crippen molar-refractivity contribution in [2.24, 2.45) is 5.73 Å². The van der Waals surface area contributed by atoms with E-state index in [-0.39, 0.29) is 27.5 Å². The molecule has 0 bridgehead atoms. The number of hydrogen-bond donors (Lipinski definition) is 2. The molecule has 0 amide bonds. The van der Waals surface area contributed by atoms with Gasteiger partial charge in [0, 0.05) is 12.6 Å². The molecule has 1 aromatic rings. The molecule has 4 nitrogen and oxygen atoms in total. The first-order valence-corrected chi connectivity index (χ1v) is 6.79. The zero-order valence-corrected chi connectivity index (χ0v) is 10.9. The number of nitrogens with one attached hydrogen (secondary N) is 1. The molecule has 1 atom stereocenters. The predicted octanol–water partition coefficient (Wildman–Crippen LogP) is 1.62. The Hall–Kier alpha value is -0.330. The molecule has 1 rings (SSSR count). The molecule has 0 aromatic heterocycles. The largest absolute Gasteiger partial charge is 0.329 e. The molecule has 16 heavy (non-hydrogen) atoms. The van der Waals surface area contributed by atoms with Crippen molar-refractivity contribution in [2.75, 3.05) is 6.54 Å². The summed E-state index contributed by atoms with van der Waals surface area (Å²) in [6, 6.07) is 4.07. The van der Waals surface area contributed by atoms with E-state index in [1.54, 1.807) is 6.92 Å². The van der Waals surface area contributed by atoms with Gasteiger partial charge in [0.15, 0.2) is 0 Å². The van der Waals surface area contributed by atoms with Gasteiger partial charge in [-0.1, -0.05) is 29.3 Å². The SMILES string of the molecule is C[C@H](CN)NS(=O)(=O)c1cccc(Cl)c1Cl. The van der Waals surface area contributed by atoms with Crippen molar-refractivity contribution in [3.63, 3.8) is 0 Å². The standard InChI is InChI=1S/C9H12Cl2N2O2S/c1-6(5-12)13-16(14,15)8-4-2-3-7(10)9(8)11/h2-4,6,13H,5,12H2,1H3/t6-/m1/s1. The second kappa shape index (κ2) is 5.33. The first-order valence-electron chi connectivity index (χ1n) is 4.55. The Morgan fingerprint density at radius 2 is 2.06 bits per heavy atom. The Kier molecular flexibility index (Phi) is 4.58. The van der Waals surface area contributed by atoms with Crippen molar-refractivity contribution in [2.45, 2.75) is 17.9 Å². The minimum Gasteiger partial charge on any atom is -0.329 e. The average Bonchev–Trinajstić information content (AvgIpc) is 2.21. The number of halogens is 2. The van der Waals surface area contributed by atoms with Gasteiger partial charge in [-0.15, -0.1) is 0 Å². The molecular formula is C9H12Cl2N2O2S. The predicted molar refractivity (Wildman–Crippen MR) is 65.3 cm³/mol. The molecule has 0 radical (unpaired) electrons. The normalized spacial score (nSPS) is 13.8. The van der Waals surface area contributed by atoms with E-state index in [9.17, 15) is 8.42 Å². The summed E-state index contributed by atoms with van der Waals surface area (Å²) in [4.78, 5) is -0.0398. The molecule has 0 heterocycles.